The molecule has 0 unspecified atom stereocenters. The first-order valence-corrected chi connectivity index (χ1v) is 6.61. The zero-order valence-electron chi connectivity index (χ0n) is 10.0. The maximum Gasteiger partial charge on any atom is 0.111 e. The smallest absolute Gasteiger partial charge is 0.111 e. The van der Waals surface area contributed by atoms with Crippen LogP contribution in [0.25, 0.3) is 0 Å². The first kappa shape index (κ1) is 11.9. The van der Waals surface area contributed by atoms with Crippen LogP contribution in [0.15, 0.2) is 0 Å². The summed E-state index contributed by atoms with van der Waals surface area (Å²) < 4.78 is 5.35. The van der Waals surface area contributed by atoms with Gasteiger partial charge in [-0.1, -0.05) is 25.7 Å². The van der Waals surface area contributed by atoms with Crippen LogP contribution in [0.1, 0.15) is 51.4 Å². The number of rotatable bonds is 2. The molecule has 1 heterocycles. The van der Waals surface area contributed by atoms with Crippen LogP contribution >= 0.6 is 0 Å². The highest BCUT2D eigenvalue weighted by atomic mass is 16.5. The minimum atomic E-state index is -0.298. The quantitative estimate of drug-likeness (QED) is 0.730. The van der Waals surface area contributed by atoms with Crippen molar-refractivity contribution in [3.05, 3.63) is 0 Å². The fourth-order valence-corrected chi connectivity index (χ4v) is 2.82. The zero-order chi connectivity index (χ0) is 11.3. The van der Waals surface area contributed by atoms with E-state index in [9.17, 15) is 5.26 Å². The van der Waals surface area contributed by atoms with Crippen molar-refractivity contribution in [3.63, 3.8) is 0 Å². The second kappa shape index (κ2) is 5.65. The van der Waals surface area contributed by atoms with E-state index in [-0.39, 0.29) is 5.54 Å². The number of hydrogen-bond donors (Lipinski definition) is 1. The minimum absolute atomic E-state index is 0.298. The van der Waals surface area contributed by atoms with Crippen LogP contribution in [-0.2, 0) is 4.74 Å². The molecule has 0 radical (unpaired) electrons. The fourth-order valence-electron chi connectivity index (χ4n) is 2.82. The summed E-state index contributed by atoms with van der Waals surface area (Å²) in [5.74, 6) is 0. The number of nitrogens with one attached hydrogen (secondary N) is 1. The average Bonchev–Trinajstić information content (AvgIpc) is 2.59. The van der Waals surface area contributed by atoms with Crippen LogP contribution in [0.3, 0.4) is 0 Å². The SMILES string of the molecule is N#CC1(NC2CCCCCC2)CCOCC1. The number of nitriles is 1. The molecule has 1 saturated carbocycles. The van der Waals surface area contributed by atoms with Gasteiger partial charge in [0.1, 0.15) is 5.54 Å². The number of nitrogens with zero attached hydrogens (tertiary/aromatic N) is 1. The van der Waals surface area contributed by atoms with Gasteiger partial charge in [0.2, 0.25) is 0 Å². The molecule has 1 aliphatic heterocycles. The van der Waals surface area contributed by atoms with Crippen LogP contribution in [0.4, 0.5) is 0 Å². The zero-order valence-corrected chi connectivity index (χ0v) is 10.0. The molecule has 1 N–H and O–H groups in total. The van der Waals surface area contributed by atoms with Crippen molar-refractivity contribution < 1.29 is 4.74 Å². The summed E-state index contributed by atoms with van der Waals surface area (Å²) in [7, 11) is 0. The van der Waals surface area contributed by atoms with Crippen LogP contribution in [0, 0.1) is 11.3 Å². The summed E-state index contributed by atoms with van der Waals surface area (Å²) in [6.45, 7) is 1.46. The molecule has 2 aliphatic rings. The Hall–Kier alpha value is -0.590. The Balaban J connectivity index is 1.92. The number of hydrogen-bond acceptors (Lipinski definition) is 3. The molecule has 0 aromatic rings. The molecule has 2 rings (SSSR count). The van der Waals surface area contributed by atoms with Crippen LogP contribution in [-0.4, -0.2) is 24.8 Å². The van der Waals surface area contributed by atoms with E-state index in [0.29, 0.717) is 6.04 Å². The van der Waals surface area contributed by atoms with Gasteiger partial charge in [-0.15, -0.1) is 0 Å². The Bertz CT molecular complexity index is 245. The molecule has 0 amide bonds. The van der Waals surface area contributed by atoms with Crippen molar-refractivity contribution in [1.29, 1.82) is 5.26 Å². The Morgan fingerprint density at radius 1 is 1.06 bits per heavy atom. The van der Waals surface area contributed by atoms with E-state index in [1.807, 2.05) is 0 Å². The molecule has 1 aliphatic carbocycles. The lowest BCUT2D eigenvalue weighted by Gasteiger charge is -2.35. The summed E-state index contributed by atoms with van der Waals surface area (Å²) in [5.41, 5.74) is -0.298. The van der Waals surface area contributed by atoms with Crippen molar-refractivity contribution in [2.24, 2.45) is 0 Å². The molecule has 1 saturated heterocycles. The highest BCUT2D eigenvalue weighted by Crippen LogP contribution is 2.24. The Morgan fingerprint density at radius 3 is 2.25 bits per heavy atom. The summed E-state index contributed by atoms with van der Waals surface area (Å²) in [4.78, 5) is 0. The Kier molecular flexibility index (Phi) is 4.20. The third-order valence-corrected chi connectivity index (χ3v) is 3.90. The lowest BCUT2D eigenvalue weighted by Crippen LogP contribution is -2.52. The summed E-state index contributed by atoms with van der Waals surface area (Å²) in [6.07, 6.45) is 9.53. The van der Waals surface area contributed by atoms with E-state index in [4.69, 9.17) is 4.74 Å². The molecule has 0 atom stereocenters. The number of ether oxygens (including phenoxy) is 1. The lowest BCUT2D eigenvalue weighted by atomic mass is 9.90. The standard InChI is InChI=1S/C13H22N2O/c14-11-13(7-9-16-10-8-13)15-12-5-3-1-2-4-6-12/h12,15H,1-10H2. The van der Waals surface area contributed by atoms with Gasteiger partial charge in [0.15, 0.2) is 0 Å². The van der Waals surface area contributed by atoms with Gasteiger partial charge >= 0.3 is 0 Å². The minimum Gasteiger partial charge on any atom is -0.381 e. The van der Waals surface area contributed by atoms with Crippen molar-refractivity contribution in [2.75, 3.05) is 13.2 Å². The van der Waals surface area contributed by atoms with E-state index < -0.39 is 0 Å². The molecule has 16 heavy (non-hydrogen) atoms. The maximum atomic E-state index is 9.37. The lowest BCUT2D eigenvalue weighted by molar-refractivity contribution is 0.0530. The Morgan fingerprint density at radius 2 is 1.69 bits per heavy atom. The van der Waals surface area contributed by atoms with Gasteiger partial charge in [-0.05, 0) is 12.8 Å². The molecular weight excluding hydrogens is 200 g/mol. The van der Waals surface area contributed by atoms with Gasteiger partial charge in [-0.25, -0.2) is 0 Å². The van der Waals surface area contributed by atoms with E-state index in [1.54, 1.807) is 0 Å². The summed E-state index contributed by atoms with van der Waals surface area (Å²) in [5, 5.41) is 13.0. The average molecular weight is 222 g/mol. The van der Waals surface area contributed by atoms with Gasteiger partial charge in [-0.2, -0.15) is 5.26 Å². The second-order valence-corrected chi connectivity index (χ2v) is 5.14. The van der Waals surface area contributed by atoms with E-state index in [0.717, 1.165) is 26.1 Å². The van der Waals surface area contributed by atoms with E-state index >= 15 is 0 Å². The van der Waals surface area contributed by atoms with Gasteiger partial charge in [0.25, 0.3) is 0 Å². The molecule has 2 fully saturated rings. The van der Waals surface area contributed by atoms with Crippen molar-refractivity contribution in [2.45, 2.75) is 62.9 Å². The topological polar surface area (TPSA) is 45.0 Å². The molecule has 0 bridgehead atoms. The maximum absolute atomic E-state index is 9.37. The Labute approximate surface area is 98.2 Å². The largest absolute Gasteiger partial charge is 0.381 e. The molecule has 0 spiro atoms. The van der Waals surface area contributed by atoms with Gasteiger partial charge in [0.05, 0.1) is 6.07 Å². The molecule has 0 aromatic carbocycles. The van der Waals surface area contributed by atoms with Crippen LogP contribution < -0.4 is 5.32 Å². The van der Waals surface area contributed by atoms with Gasteiger partial charge < -0.3 is 4.74 Å². The molecular formula is C13H22N2O. The van der Waals surface area contributed by atoms with Crippen LogP contribution in [0.5, 0.6) is 0 Å². The van der Waals surface area contributed by atoms with Crippen molar-refractivity contribution in [1.82, 2.24) is 5.32 Å². The second-order valence-electron chi connectivity index (χ2n) is 5.14. The first-order chi connectivity index (χ1) is 7.85. The monoisotopic (exact) mass is 222 g/mol. The highest BCUT2D eigenvalue weighted by Gasteiger charge is 2.34. The summed E-state index contributed by atoms with van der Waals surface area (Å²) >= 11 is 0. The fraction of sp³-hybridized carbons (Fsp3) is 0.923. The molecule has 3 heteroatoms. The van der Waals surface area contributed by atoms with Gasteiger partial charge in [0, 0.05) is 32.1 Å². The normalized spacial score (nSPS) is 26.9. The molecule has 0 aromatic heterocycles. The molecule has 90 valence electrons. The molecule has 3 nitrogen and oxygen atoms in total. The van der Waals surface area contributed by atoms with Crippen LogP contribution in [0.2, 0.25) is 0 Å². The van der Waals surface area contributed by atoms with Crippen molar-refractivity contribution >= 4 is 0 Å². The third kappa shape index (κ3) is 2.96. The summed E-state index contributed by atoms with van der Waals surface area (Å²) in [6, 6.07) is 3.05. The van der Waals surface area contributed by atoms with E-state index in [1.165, 1.54) is 38.5 Å². The predicted molar refractivity (Wildman–Crippen MR) is 63.0 cm³/mol. The van der Waals surface area contributed by atoms with Crippen molar-refractivity contribution in [3.8, 4) is 6.07 Å². The van der Waals surface area contributed by atoms with Gasteiger partial charge in [-0.3, -0.25) is 5.32 Å². The highest BCUT2D eigenvalue weighted by molar-refractivity contribution is 5.09. The first-order valence-electron chi connectivity index (χ1n) is 6.61. The predicted octanol–water partition coefficient (Wildman–Crippen LogP) is 2.37. The third-order valence-electron chi connectivity index (χ3n) is 3.90. The van der Waals surface area contributed by atoms with E-state index in [2.05, 4.69) is 11.4 Å².